The molecule has 0 spiro atoms. The standard InChI is InChI=1S/C19H22ClN3O2/c1-14(19(25)21-12-15-8-4-3-5-9-15)23(2)13-18(24)22-17-11-7-6-10-16(17)20/h3-11,14H,12-13H2,1-2H3,(H,21,25)(H,22,24)/p+1/t14-/m0/s1. The summed E-state index contributed by atoms with van der Waals surface area (Å²) >= 11 is 6.03. The van der Waals surface area contributed by atoms with Gasteiger partial charge in [-0.25, -0.2) is 0 Å². The molecule has 0 aliphatic rings. The van der Waals surface area contributed by atoms with Crippen molar-refractivity contribution in [1.29, 1.82) is 0 Å². The number of hydrogen-bond donors (Lipinski definition) is 3. The molecule has 0 bridgehead atoms. The zero-order valence-electron chi connectivity index (χ0n) is 14.4. The highest BCUT2D eigenvalue weighted by atomic mass is 35.5. The van der Waals surface area contributed by atoms with Crippen molar-refractivity contribution in [1.82, 2.24) is 5.32 Å². The minimum Gasteiger partial charge on any atom is -0.347 e. The molecule has 0 saturated carbocycles. The van der Waals surface area contributed by atoms with Crippen molar-refractivity contribution < 1.29 is 14.5 Å². The van der Waals surface area contributed by atoms with Crippen LogP contribution in [-0.4, -0.2) is 31.4 Å². The Labute approximate surface area is 153 Å². The highest BCUT2D eigenvalue weighted by Gasteiger charge is 2.23. The SMILES string of the molecule is C[C@@H](C(=O)NCc1ccccc1)[NH+](C)CC(=O)Nc1ccccc1Cl. The molecule has 2 amide bonds. The first-order chi connectivity index (χ1) is 12.0. The molecule has 0 saturated heterocycles. The van der Waals surface area contributed by atoms with Gasteiger partial charge >= 0.3 is 0 Å². The summed E-state index contributed by atoms with van der Waals surface area (Å²) in [7, 11) is 1.82. The Hall–Kier alpha value is -2.37. The van der Waals surface area contributed by atoms with Gasteiger partial charge in [0.2, 0.25) is 0 Å². The molecule has 25 heavy (non-hydrogen) atoms. The van der Waals surface area contributed by atoms with E-state index >= 15 is 0 Å². The third-order valence-corrected chi connectivity index (χ3v) is 4.36. The van der Waals surface area contributed by atoms with Crippen LogP contribution in [0, 0.1) is 0 Å². The largest absolute Gasteiger partial charge is 0.347 e. The van der Waals surface area contributed by atoms with E-state index < -0.39 is 0 Å². The van der Waals surface area contributed by atoms with Crippen LogP contribution in [0.5, 0.6) is 0 Å². The molecule has 2 aromatic carbocycles. The first-order valence-electron chi connectivity index (χ1n) is 8.15. The fraction of sp³-hybridized carbons (Fsp3) is 0.263. The van der Waals surface area contributed by atoms with Gasteiger partial charge in [0, 0.05) is 6.54 Å². The fourth-order valence-corrected chi connectivity index (χ4v) is 2.51. The number of para-hydroxylation sites is 1. The van der Waals surface area contributed by atoms with E-state index in [2.05, 4.69) is 10.6 Å². The summed E-state index contributed by atoms with van der Waals surface area (Å²) in [5.74, 6) is -0.278. The predicted molar refractivity (Wildman–Crippen MR) is 99.6 cm³/mol. The van der Waals surface area contributed by atoms with Crippen LogP contribution in [0.3, 0.4) is 0 Å². The third-order valence-electron chi connectivity index (χ3n) is 4.03. The smallest absolute Gasteiger partial charge is 0.279 e. The van der Waals surface area contributed by atoms with E-state index in [1.165, 1.54) is 0 Å². The molecule has 2 aromatic rings. The Morgan fingerprint density at radius 1 is 1.08 bits per heavy atom. The summed E-state index contributed by atoms with van der Waals surface area (Å²) in [5.41, 5.74) is 1.61. The quantitative estimate of drug-likeness (QED) is 0.700. The van der Waals surface area contributed by atoms with Gasteiger partial charge in [0.25, 0.3) is 11.8 Å². The topological polar surface area (TPSA) is 62.6 Å². The van der Waals surface area contributed by atoms with Crippen molar-refractivity contribution >= 4 is 29.1 Å². The second-order valence-electron chi connectivity index (χ2n) is 5.98. The predicted octanol–water partition coefficient (Wildman–Crippen LogP) is 1.50. The summed E-state index contributed by atoms with van der Waals surface area (Å²) < 4.78 is 0. The van der Waals surface area contributed by atoms with Crippen LogP contribution in [0.1, 0.15) is 12.5 Å². The Morgan fingerprint density at radius 3 is 2.40 bits per heavy atom. The van der Waals surface area contributed by atoms with Gasteiger partial charge in [-0.1, -0.05) is 54.1 Å². The maximum atomic E-state index is 12.3. The first-order valence-corrected chi connectivity index (χ1v) is 8.53. The second-order valence-corrected chi connectivity index (χ2v) is 6.38. The van der Waals surface area contributed by atoms with Crippen molar-refractivity contribution in [2.24, 2.45) is 0 Å². The normalized spacial score (nSPS) is 12.9. The summed E-state index contributed by atoms with van der Waals surface area (Å²) in [6.45, 7) is 2.45. The van der Waals surface area contributed by atoms with Crippen LogP contribution >= 0.6 is 11.6 Å². The van der Waals surface area contributed by atoms with Gasteiger partial charge in [0.05, 0.1) is 17.8 Å². The summed E-state index contributed by atoms with van der Waals surface area (Å²) in [4.78, 5) is 25.2. The van der Waals surface area contributed by atoms with E-state index in [4.69, 9.17) is 11.6 Å². The number of benzene rings is 2. The Kier molecular flexibility index (Phi) is 6.98. The number of rotatable bonds is 7. The van der Waals surface area contributed by atoms with E-state index in [-0.39, 0.29) is 24.4 Å². The second kappa shape index (κ2) is 9.20. The molecule has 0 fully saturated rings. The van der Waals surface area contributed by atoms with Crippen molar-refractivity contribution in [3.63, 3.8) is 0 Å². The molecule has 2 rings (SSSR count). The average Bonchev–Trinajstić information content (AvgIpc) is 2.61. The van der Waals surface area contributed by atoms with Crippen molar-refractivity contribution in [3.8, 4) is 0 Å². The summed E-state index contributed by atoms with van der Waals surface area (Å²) in [6.07, 6.45) is 0. The Morgan fingerprint density at radius 2 is 1.72 bits per heavy atom. The number of quaternary nitrogens is 1. The Balaban J connectivity index is 1.82. The molecule has 0 heterocycles. The average molecular weight is 361 g/mol. The first kappa shape index (κ1) is 19.0. The van der Waals surface area contributed by atoms with Crippen LogP contribution in [0.2, 0.25) is 5.02 Å². The van der Waals surface area contributed by atoms with Crippen molar-refractivity contribution in [3.05, 3.63) is 65.2 Å². The molecule has 1 unspecified atom stereocenters. The number of amides is 2. The van der Waals surface area contributed by atoms with Gasteiger partial charge in [0.1, 0.15) is 0 Å². The summed E-state index contributed by atoms with van der Waals surface area (Å²) in [6, 6.07) is 16.4. The van der Waals surface area contributed by atoms with Crippen LogP contribution in [0.15, 0.2) is 54.6 Å². The highest BCUT2D eigenvalue weighted by molar-refractivity contribution is 6.33. The van der Waals surface area contributed by atoms with Gasteiger partial charge in [-0.2, -0.15) is 0 Å². The number of nitrogens with one attached hydrogen (secondary N) is 3. The van der Waals surface area contributed by atoms with E-state index in [0.717, 1.165) is 10.5 Å². The fourth-order valence-electron chi connectivity index (χ4n) is 2.33. The molecule has 3 N–H and O–H groups in total. The van der Waals surface area contributed by atoms with Gasteiger partial charge in [-0.15, -0.1) is 0 Å². The van der Waals surface area contributed by atoms with E-state index in [9.17, 15) is 9.59 Å². The minimum atomic E-state index is -0.347. The highest BCUT2D eigenvalue weighted by Crippen LogP contribution is 2.19. The van der Waals surface area contributed by atoms with Gasteiger partial charge in [-0.05, 0) is 24.6 Å². The maximum absolute atomic E-state index is 12.3. The molecule has 0 aliphatic carbocycles. The molecule has 2 atom stereocenters. The molecular formula is C19H23ClN3O2+. The number of anilines is 1. The van der Waals surface area contributed by atoms with Crippen LogP contribution in [-0.2, 0) is 16.1 Å². The zero-order chi connectivity index (χ0) is 18.2. The molecule has 132 valence electrons. The van der Waals surface area contributed by atoms with Gasteiger partial charge in [-0.3, -0.25) is 9.59 Å². The van der Waals surface area contributed by atoms with Crippen LogP contribution in [0.25, 0.3) is 0 Å². The molecule has 0 aliphatic heterocycles. The monoisotopic (exact) mass is 360 g/mol. The van der Waals surface area contributed by atoms with E-state index in [1.807, 2.05) is 37.4 Å². The number of hydrogen-bond acceptors (Lipinski definition) is 2. The minimum absolute atomic E-state index is 0.0908. The lowest BCUT2D eigenvalue weighted by Crippen LogP contribution is -3.15. The number of carbonyl (C=O) groups excluding carboxylic acids is 2. The van der Waals surface area contributed by atoms with E-state index in [0.29, 0.717) is 17.3 Å². The molecule has 0 radical (unpaired) electrons. The lowest BCUT2D eigenvalue weighted by Gasteiger charge is -2.20. The number of likely N-dealkylation sites (N-methyl/N-ethyl adjacent to an activating group) is 1. The third kappa shape index (κ3) is 5.89. The van der Waals surface area contributed by atoms with Crippen LogP contribution in [0.4, 0.5) is 5.69 Å². The van der Waals surface area contributed by atoms with Gasteiger partial charge < -0.3 is 15.5 Å². The number of halogens is 1. The van der Waals surface area contributed by atoms with E-state index in [1.54, 1.807) is 31.2 Å². The lowest BCUT2D eigenvalue weighted by molar-refractivity contribution is -0.885. The summed E-state index contributed by atoms with van der Waals surface area (Å²) in [5, 5.41) is 6.16. The maximum Gasteiger partial charge on any atom is 0.279 e. The van der Waals surface area contributed by atoms with Crippen molar-refractivity contribution in [2.75, 3.05) is 18.9 Å². The molecule has 6 heteroatoms. The molecule has 5 nitrogen and oxygen atoms in total. The Bertz CT molecular complexity index is 722. The number of carbonyl (C=O) groups is 2. The molecule has 0 aromatic heterocycles. The van der Waals surface area contributed by atoms with Crippen molar-refractivity contribution in [2.45, 2.75) is 19.5 Å². The molecular weight excluding hydrogens is 338 g/mol. The zero-order valence-corrected chi connectivity index (χ0v) is 15.1. The van der Waals surface area contributed by atoms with Crippen LogP contribution < -0.4 is 15.5 Å². The lowest BCUT2D eigenvalue weighted by atomic mass is 10.2. The van der Waals surface area contributed by atoms with Gasteiger partial charge in [0.15, 0.2) is 12.6 Å².